The van der Waals surface area contributed by atoms with Crippen molar-refractivity contribution in [3.63, 3.8) is 0 Å². The molecule has 0 bridgehead atoms. The third kappa shape index (κ3) is 5.52. The summed E-state index contributed by atoms with van der Waals surface area (Å²) in [6.45, 7) is 1.27. The Morgan fingerprint density at radius 3 is 2.45 bits per heavy atom. The van der Waals surface area contributed by atoms with E-state index in [0.29, 0.717) is 29.7 Å². The third-order valence-electron chi connectivity index (χ3n) is 5.26. The second-order valence-corrected chi connectivity index (χ2v) is 10.3. The minimum Gasteiger partial charge on any atom is -0.494 e. The number of tetrazole rings is 1. The van der Waals surface area contributed by atoms with Crippen molar-refractivity contribution in [2.75, 3.05) is 39.0 Å². The average molecular weight is 489 g/mol. The normalized spacial score (nSPS) is 14.9. The summed E-state index contributed by atoms with van der Waals surface area (Å²) in [5.41, 5.74) is 1.43. The quantitative estimate of drug-likeness (QED) is 0.438. The fourth-order valence-corrected chi connectivity index (χ4v) is 5.84. The van der Waals surface area contributed by atoms with E-state index in [0.717, 1.165) is 5.56 Å². The number of thioether (sulfide) groups is 1. The lowest BCUT2D eigenvalue weighted by molar-refractivity contribution is -0.129. The molecule has 1 aliphatic heterocycles. The summed E-state index contributed by atoms with van der Waals surface area (Å²) in [6.07, 6.45) is 0. The molecule has 0 N–H and O–H groups in total. The molecule has 4 rings (SSSR count). The van der Waals surface area contributed by atoms with E-state index in [1.54, 1.807) is 24.1 Å². The number of aromatic nitrogens is 4. The molecule has 174 valence electrons. The number of ether oxygens (including phenoxy) is 1. The number of para-hydroxylation sites is 2. The largest absolute Gasteiger partial charge is 0.494 e. The second-order valence-electron chi connectivity index (χ2n) is 7.36. The van der Waals surface area contributed by atoms with Crippen molar-refractivity contribution in [3.05, 3.63) is 60.2 Å². The summed E-state index contributed by atoms with van der Waals surface area (Å²) < 4.78 is 33.8. The predicted octanol–water partition coefficient (Wildman–Crippen LogP) is 1.44. The molecule has 10 nitrogen and oxygen atoms in total. The van der Waals surface area contributed by atoms with Gasteiger partial charge in [-0.25, -0.2) is 8.42 Å². The lowest BCUT2D eigenvalue weighted by atomic mass is 10.2. The first kappa shape index (κ1) is 23.2. The van der Waals surface area contributed by atoms with E-state index < -0.39 is 10.0 Å². The van der Waals surface area contributed by atoms with E-state index in [1.165, 1.54) is 20.7 Å². The van der Waals surface area contributed by atoms with Crippen LogP contribution < -0.4 is 4.74 Å². The molecule has 12 heteroatoms. The topological polar surface area (TPSA) is 111 Å². The Kier molecular flexibility index (Phi) is 7.26. The van der Waals surface area contributed by atoms with Gasteiger partial charge in [-0.05, 0) is 28.1 Å². The molecule has 0 saturated carbocycles. The minimum absolute atomic E-state index is 0.0384. The van der Waals surface area contributed by atoms with Gasteiger partial charge in [0, 0.05) is 26.2 Å². The summed E-state index contributed by atoms with van der Waals surface area (Å²) in [5.74, 6) is 0.635. The van der Waals surface area contributed by atoms with Gasteiger partial charge >= 0.3 is 0 Å². The molecule has 2 aromatic carbocycles. The molecule has 0 atom stereocenters. The van der Waals surface area contributed by atoms with Gasteiger partial charge in [-0.2, -0.15) is 8.99 Å². The number of benzene rings is 2. The van der Waals surface area contributed by atoms with Gasteiger partial charge in [0.05, 0.1) is 18.6 Å². The van der Waals surface area contributed by atoms with Gasteiger partial charge in [0.25, 0.3) is 0 Å². The van der Waals surface area contributed by atoms with Crippen molar-refractivity contribution >= 4 is 27.7 Å². The molecular formula is C21H24N6O4S2. The van der Waals surface area contributed by atoms with Crippen LogP contribution in [0.1, 0.15) is 5.56 Å². The first-order chi connectivity index (χ1) is 16.0. The molecule has 1 aliphatic rings. The van der Waals surface area contributed by atoms with Crippen LogP contribution in [0.5, 0.6) is 5.75 Å². The molecule has 1 amide bonds. The van der Waals surface area contributed by atoms with Crippen LogP contribution in [0, 0.1) is 0 Å². The Hall–Kier alpha value is -2.96. The number of hydrogen-bond acceptors (Lipinski definition) is 8. The highest BCUT2D eigenvalue weighted by Crippen LogP contribution is 2.25. The molecule has 0 radical (unpaired) electrons. The molecule has 2 heterocycles. The highest BCUT2D eigenvalue weighted by Gasteiger charge is 2.29. The lowest BCUT2D eigenvalue weighted by Gasteiger charge is -2.34. The van der Waals surface area contributed by atoms with Crippen LogP contribution in [0.3, 0.4) is 0 Å². The Labute approximate surface area is 196 Å². The molecule has 1 fully saturated rings. The number of rotatable bonds is 8. The smallest absolute Gasteiger partial charge is 0.233 e. The van der Waals surface area contributed by atoms with E-state index in [2.05, 4.69) is 15.5 Å². The zero-order valence-electron chi connectivity index (χ0n) is 18.1. The number of amides is 1. The van der Waals surface area contributed by atoms with Crippen LogP contribution in [0.2, 0.25) is 0 Å². The lowest BCUT2D eigenvalue weighted by Crippen LogP contribution is -2.51. The zero-order valence-corrected chi connectivity index (χ0v) is 19.7. The van der Waals surface area contributed by atoms with Gasteiger partial charge < -0.3 is 9.64 Å². The highest BCUT2D eigenvalue weighted by molar-refractivity contribution is 7.99. The van der Waals surface area contributed by atoms with Crippen molar-refractivity contribution in [3.8, 4) is 11.4 Å². The molecule has 1 aromatic heterocycles. The molecule has 33 heavy (non-hydrogen) atoms. The van der Waals surface area contributed by atoms with Crippen LogP contribution in [0.4, 0.5) is 0 Å². The zero-order chi connectivity index (χ0) is 23.3. The third-order valence-corrected chi connectivity index (χ3v) is 8.01. The summed E-state index contributed by atoms with van der Waals surface area (Å²) in [5, 5.41) is 12.2. The summed E-state index contributed by atoms with van der Waals surface area (Å²) in [7, 11) is -1.86. The van der Waals surface area contributed by atoms with Gasteiger partial charge in [-0.3, -0.25) is 4.79 Å². The monoisotopic (exact) mass is 488 g/mol. The van der Waals surface area contributed by atoms with Crippen molar-refractivity contribution < 1.29 is 17.9 Å². The number of methoxy groups -OCH3 is 1. The summed E-state index contributed by atoms with van der Waals surface area (Å²) in [4.78, 5) is 14.4. The molecule has 1 saturated heterocycles. The number of carbonyl (C=O) groups is 1. The van der Waals surface area contributed by atoms with E-state index in [9.17, 15) is 13.2 Å². The second kappa shape index (κ2) is 10.3. The first-order valence-electron chi connectivity index (χ1n) is 10.3. The molecule has 0 unspecified atom stereocenters. The van der Waals surface area contributed by atoms with Crippen LogP contribution in [0.15, 0.2) is 59.8 Å². The number of sulfonamides is 1. The molecule has 0 aliphatic carbocycles. The summed E-state index contributed by atoms with van der Waals surface area (Å²) in [6, 6.07) is 16.4. The van der Waals surface area contributed by atoms with Gasteiger partial charge in [0.1, 0.15) is 11.4 Å². The van der Waals surface area contributed by atoms with E-state index in [1.807, 2.05) is 42.5 Å². The first-order valence-corrected chi connectivity index (χ1v) is 12.9. The predicted molar refractivity (Wildman–Crippen MR) is 124 cm³/mol. The van der Waals surface area contributed by atoms with E-state index in [4.69, 9.17) is 4.74 Å². The maximum atomic E-state index is 12.7. The Morgan fingerprint density at radius 1 is 1.03 bits per heavy atom. The maximum absolute atomic E-state index is 12.7. The van der Waals surface area contributed by atoms with Gasteiger partial charge in [0.2, 0.25) is 21.1 Å². The fraction of sp³-hybridized carbons (Fsp3) is 0.333. The van der Waals surface area contributed by atoms with E-state index in [-0.39, 0.29) is 30.5 Å². The Balaban J connectivity index is 1.32. The number of hydrogen-bond donors (Lipinski definition) is 0. The Bertz CT molecular complexity index is 1190. The van der Waals surface area contributed by atoms with Crippen LogP contribution in [0.25, 0.3) is 5.69 Å². The van der Waals surface area contributed by atoms with Gasteiger partial charge in [-0.1, -0.05) is 54.2 Å². The average Bonchev–Trinajstić information content (AvgIpc) is 3.31. The highest BCUT2D eigenvalue weighted by atomic mass is 32.2. The standard InChI is InChI=1S/C21H24N6O4S2/c1-31-19-10-6-5-9-18(19)27-21(22-23-24-27)32-15-20(28)25-11-13-26(14-12-25)33(29,30)16-17-7-3-2-4-8-17/h2-10H,11-16H2,1H3. The van der Waals surface area contributed by atoms with Crippen molar-refractivity contribution in [2.24, 2.45) is 0 Å². The fourth-order valence-electron chi connectivity index (χ4n) is 3.53. The molecular weight excluding hydrogens is 464 g/mol. The van der Waals surface area contributed by atoms with Gasteiger partial charge in [-0.15, -0.1) is 5.10 Å². The minimum atomic E-state index is -3.43. The number of nitrogens with zero attached hydrogens (tertiary/aromatic N) is 6. The van der Waals surface area contributed by atoms with Crippen LogP contribution in [-0.4, -0.2) is 82.8 Å². The van der Waals surface area contributed by atoms with Crippen LogP contribution in [-0.2, 0) is 20.6 Å². The number of piperazine rings is 1. The van der Waals surface area contributed by atoms with E-state index >= 15 is 0 Å². The number of carbonyl (C=O) groups excluding carboxylic acids is 1. The Morgan fingerprint density at radius 2 is 1.73 bits per heavy atom. The molecule has 3 aromatic rings. The van der Waals surface area contributed by atoms with Gasteiger partial charge in [0.15, 0.2) is 0 Å². The molecule has 0 spiro atoms. The van der Waals surface area contributed by atoms with Crippen LogP contribution >= 0.6 is 11.8 Å². The maximum Gasteiger partial charge on any atom is 0.233 e. The van der Waals surface area contributed by atoms with Crippen molar-refractivity contribution in [1.29, 1.82) is 0 Å². The SMILES string of the molecule is COc1ccccc1-n1nnnc1SCC(=O)N1CCN(S(=O)(=O)Cc2ccccc2)CC1. The van der Waals surface area contributed by atoms with Crippen molar-refractivity contribution in [1.82, 2.24) is 29.4 Å². The summed E-state index contributed by atoms with van der Waals surface area (Å²) >= 11 is 1.23. The van der Waals surface area contributed by atoms with Crippen molar-refractivity contribution in [2.45, 2.75) is 10.9 Å².